The van der Waals surface area contributed by atoms with Crippen molar-refractivity contribution in [1.29, 1.82) is 0 Å². The summed E-state index contributed by atoms with van der Waals surface area (Å²) in [6.45, 7) is 1.86. The number of aliphatic hydroxyl groups is 1. The number of hydrogen-bond donors (Lipinski definition) is 1. The highest BCUT2D eigenvalue weighted by Crippen LogP contribution is 2.53. The molecule has 1 aromatic heterocycles. The van der Waals surface area contributed by atoms with Gasteiger partial charge in [-0.2, -0.15) is 0 Å². The number of halogens is 2. The van der Waals surface area contributed by atoms with E-state index < -0.39 is 12.4 Å². The van der Waals surface area contributed by atoms with Gasteiger partial charge in [-0.1, -0.05) is 0 Å². The van der Waals surface area contributed by atoms with E-state index in [0.29, 0.717) is 6.54 Å². The molecule has 1 saturated heterocycles. The predicted octanol–water partition coefficient (Wildman–Crippen LogP) is 1.44. The first-order chi connectivity index (χ1) is 9.87. The first-order valence-corrected chi connectivity index (χ1v) is 6.65. The van der Waals surface area contributed by atoms with Gasteiger partial charge in [-0.15, -0.1) is 8.78 Å². The van der Waals surface area contributed by atoms with Gasteiger partial charge in [-0.3, -0.25) is 9.69 Å². The molecule has 2 fully saturated rings. The number of hydrogen-bond acceptors (Lipinski definition) is 5. The summed E-state index contributed by atoms with van der Waals surface area (Å²) in [4.78, 5) is 17.5. The summed E-state index contributed by atoms with van der Waals surface area (Å²) in [5, 5.41) is 9.61. The quantitative estimate of drug-likeness (QED) is 0.894. The zero-order valence-electron chi connectivity index (χ0n) is 11.0. The molecule has 1 saturated carbocycles. The average Bonchev–Trinajstić information content (AvgIpc) is 2.99. The smallest absolute Gasteiger partial charge is 0.395 e. The molecule has 3 aliphatic rings. The molecule has 21 heavy (non-hydrogen) atoms. The van der Waals surface area contributed by atoms with Crippen molar-refractivity contribution < 1.29 is 28.2 Å². The van der Waals surface area contributed by atoms with Crippen LogP contribution in [0.5, 0.6) is 11.5 Å². The van der Waals surface area contributed by atoms with Crippen molar-refractivity contribution in [1.82, 2.24) is 4.98 Å². The third-order valence-corrected chi connectivity index (χ3v) is 4.07. The van der Waals surface area contributed by atoms with E-state index in [9.17, 15) is 18.7 Å². The van der Waals surface area contributed by atoms with Crippen molar-refractivity contribution >= 4 is 11.7 Å². The maximum absolute atomic E-state index is 13.4. The molecule has 0 bridgehead atoms. The van der Waals surface area contributed by atoms with Crippen LogP contribution in [0.25, 0.3) is 0 Å². The molecule has 0 spiro atoms. The Morgan fingerprint density at radius 1 is 1.48 bits per heavy atom. The van der Waals surface area contributed by atoms with Gasteiger partial charge in [-0.25, -0.2) is 4.98 Å². The van der Waals surface area contributed by atoms with E-state index in [2.05, 4.69) is 14.5 Å². The molecule has 4 rings (SSSR count). The number of rotatable bonds is 2. The minimum atomic E-state index is -3.82. The summed E-state index contributed by atoms with van der Waals surface area (Å²) in [6.07, 6.45) is -2.78. The third-order valence-electron chi connectivity index (χ3n) is 4.07. The van der Waals surface area contributed by atoms with Crippen LogP contribution in [-0.4, -0.2) is 28.8 Å². The highest BCUT2D eigenvalue weighted by molar-refractivity contribution is 6.00. The van der Waals surface area contributed by atoms with Crippen molar-refractivity contribution in [2.45, 2.75) is 25.7 Å². The number of aromatic nitrogens is 1. The number of pyridine rings is 1. The lowest BCUT2D eigenvalue weighted by molar-refractivity contribution is -0.286. The van der Waals surface area contributed by atoms with Crippen LogP contribution in [0.1, 0.15) is 25.0 Å². The van der Waals surface area contributed by atoms with E-state index >= 15 is 0 Å². The number of fused-ring (bicyclic) bond motifs is 2. The Labute approximate surface area is 118 Å². The molecule has 1 N–H and O–H groups in total. The van der Waals surface area contributed by atoms with Crippen LogP contribution in [0.3, 0.4) is 0 Å². The van der Waals surface area contributed by atoms with Crippen LogP contribution in [0.4, 0.5) is 14.6 Å². The molecular formula is C13H12F2N2O4. The third kappa shape index (κ3) is 1.78. The number of alkyl halides is 2. The van der Waals surface area contributed by atoms with E-state index in [1.807, 2.05) is 0 Å². The van der Waals surface area contributed by atoms with Gasteiger partial charge in [0, 0.05) is 24.2 Å². The molecule has 0 radical (unpaired) electrons. The van der Waals surface area contributed by atoms with Gasteiger partial charge >= 0.3 is 6.29 Å². The Kier molecular flexibility index (Phi) is 2.32. The van der Waals surface area contributed by atoms with Gasteiger partial charge < -0.3 is 14.6 Å². The molecule has 1 aliphatic carbocycles. The second kappa shape index (κ2) is 3.82. The summed E-state index contributed by atoms with van der Waals surface area (Å²) in [5.41, 5.74) is 0.0998. The van der Waals surface area contributed by atoms with E-state index in [4.69, 9.17) is 0 Å². The summed E-state index contributed by atoms with van der Waals surface area (Å²) in [6, 6.07) is 0. The monoisotopic (exact) mass is 298 g/mol. The normalized spacial score (nSPS) is 29.5. The van der Waals surface area contributed by atoms with Crippen LogP contribution in [0.15, 0.2) is 6.20 Å². The van der Waals surface area contributed by atoms with Gasteiger partial charge in [0.25, 0.3) is 0 Å². The Morgan fingerprint density at radius 2 is 2.19 bits per heavy atom. The van der Waals surface area contributed by atoms with Gasteiger partial charge in [0.2, 0.25) is 11.7 Å². The highest BCUT2D eigenvalue weighted by Gasteiger charge is 2.55. The molecule has 3 atom stereocenters. The second-order valence-corrected chi connectivity index (χ2v) is 5.59. The van der Waals surface area contributed by atoms with E-state index in [1.165, 1.54) is 18.0 Å². The summed E-state index contributed by atoms with van der Waals surface area (Å²) < 4.78 is 35.7. The first kappa shape index (κ1) is 12.8. The van der Waals surface area contributed by atoms with Gasteiger partial charge in [0.1, 0.15) is 0 Å². The number of carbonyl (C=O) groups excluding carboxylic acids is 1. The second-order valence-electron chi connectivity index (χ2n) is 5.59. The van der Waals surface area contributed by atoms with Crippen LogP contribution >= 0.6 is 0 Å². The fourth-order valence-electron chi connectivity index (χ4n) is 2.89. The average molecular weight is 298 g/mol. The SMILES string of the molecule is CC(O)c1cnc(N2C[C@H]3C[C@H]3C2=O)c2c1OC(F)(F)O2. The molecule has 2 aliphatic heterocycles. The van der Waals surface area contributed by atoms with Gasteiger partial charge in [-0.05, 0) is 19.3 Å². The molecule has 1 unspecified atom stereocenters. The molecule has 3 heterocycles. The van der Waals surface area contributed by atoms with Gasteiger partial charge in [0.05, 0.1) is 6.10 Å². The summed E-state index contributed by atoms with van der Waals surface area (Å²) >= 11 is 0. The summed E-state index contributed by atoms with van der Waals surface area (Å²) in [5.74, 6) is -0.389. The van der Waals surface area contributed by atoms with Crippen molar-refractivity contribution in [3.63, 3.8) is 0 Å². The Balaban J connectivity index is 1.80. The molecule has 8 heteroatoms. The number of amides is 1. The zero-order chi connectivity index (χ0) is 14.9. The minimum Gasteiger partial charge on any atom is -0.395 e. The lowest BCUT2D eigenvalue weighted by Crippen LogP contribution is -2.30. The standard InChI is InChI=1S/C13H12F2N2O4/c1-5(18)8-3-16-11(10-9(8)20-13(14,15)21-10)17-4-6-2-7(6)12(17)19/h3,5-7,18H,2,4H2,1H3/t5?,6-,7-/m1/s1. The zero-order valence-corrected chi connectivity index (χ0v) is 11.0. The van der Waals surface area contributed by atoms with E-state index in [-0.39, 0.29) is 40.6 Å². The number of nitrogens with zero attached hydrogens (tertiary/aromatic N) is 2. The minimum absolute atomic E-state index is 0.0262. The predicted molar refractivity (Wildman–Crippen MR) is 65.0 cm³/mol. The Bertz CT molecular complexity index is 649. The largest absolute Gasteiger partial charge is 0.586 e. The van der Waals surface area contributed by atoms with Crippen molar-refractivity contribution in [3.8, 4) is 11.5 Å². The molecule has 6 nitrogen and oxygen atoms in total. The molecule has 0 aromatic carbocycles. The topological polar surface area (TPSA) is 71.9 Å². The number of piperidine rings is 1. The van der Waals surface area contributed by atoms with Crippen LogP contribution in [0, 0.1) is 11.8 Å². The molecule has 1 amide bonds. The number of ether oxygens (including phenoxy) is 2. The van der Waals surface area contributed by atoms with Crippen LogP contribution < -0.4 is 14.4 Å². The fourth-order valence-corrected chi connectivity index (χ4v) is 2.89. The summed E-state index contributed by atoms with van der Waals surface area (Å²) in [7, 11) is 0. The maximum atomic E-state index is 13.4. The molecule has 1 aromatic rings. The Hall–Kier alpha value is -1.96. The fraction of sp³-hybridized carbons (Fsp3) is 0.538. The number of anilines is 1. The number of aliphatic hydroxyl groups excluding tert-OH is 1. The van der Waals surface area contributed by atoms with Crippen LogP contribution in [0.2, 0.25) is 0 Å². The van der Waals surface area contributed by atoms with Crippen molar-refractivity contribution in [2.75, 3.05) is 11.4 Å². The maximum Gasteiger partial charge on any atom is 0.586 e. The van der Waals surface area contributed by atoms with Crippen molar-refractivity contribution in [3.05, 3.63) is 11.8 Å². The Morgan fingerprint density at radius 3 is 2.81 bits per heavy atom. The molecular weight excluding hydrogens is 286 g/mol. The van der Waals surface area contributed by atoms with E-state index in [1.54, 1.807) is 0 Å². The first-order valence-electron chi connectivity index (χ1n) is 6.65. The lowest BCUT2D eigenvalue weighted by atomic mass is 10.1. The van der Waals surface area contributed by atoms with Crippen molar-refractivity contribution in [2.24, 2.45) is 11.8 Å². The van der Waals surface area contributed by atoms with E-state index in [0.717, 1.165) is 6.42 Å². The number of carbonyl (C=O) groups is 1. The van der Waals surface area contributed by atoms with Crippen LogP contribution in [-0.2, 0) is 4.79 Å². The highest BCUT2D eigenvalue weighted by atomic mass is 19.3. The van der Waals surface area contributed by atoms with Gasteiger partial charge in [0.15, 0.2) is 11.6 Å². The molecule has 112 valence electrons. The lowest BCUT2D eigenvalue weighted by Gasteiger charge is -2.19.